The van der Waals surface area contributed by atoms with Gasteiger partial charge < -0.3 is 9.73 Å². The van der Waals surface area contributed by atoms with Crippen molar-refractivity contribution in [3.63, 3.8) is 0 Å². The van der Waals surface area contributed by atoms with E-state index in [0.717, 1.165) is 22.1 Å². The van der Waals surface area contributed by atoms with Gasteiger partial charge in [0.2, 0.25) is 5.91 Å². The standard InChI is InChI=1S/C26H21N3O3/c1-17-8-7-12-20-24(17)27-16-29(26(20)31)15-23(30)28-25(18-9-3-2-4-10-18)22-14-19-11-5-6-13-21(19)32-22/h2-14,16,25H,15H2,1H3,(H,28,30)/t25-/m1/s1. The second-order valence-electron chi connectivity index (χ2n) is 7.75. The number of aromatic nitrogens is 2. The largest absolute Gasteiger partial charge is 0.459 e. The van der Waals surface area contributed by atoms with Crippen molar-refractivity contribution in [3.8, 4) is 0 Å². The normalized spacial score (nSPS) is 12.2. The van der Waals surface area contributed by atoms with Crippen molar-refractivity contribution < 1.29 is 9.21 Å². The quantitative estimate of drug-likeness (QED) is 0.456. The summed E-state index contributed by atoms with van der Waals surface area (Å²) >= 11 is 0. The van der Waals surface area contributed by atoms with Gasteiger partial charge in [0, 0.05) is 5.39 Å². The first-order valence-corrected chi connectivity index (χ1v) is 10.4. The lowest BCUT2D eigenvalue weighted by Crippen LogP contribution is -2.35. The van der Waals surface area contributed by atoms with Gasteiger partial charge in [-0.25, -0.2) is 4.98 Å². The van der Waals surface area contributed by atoms with Crippen LogP contribution >= 0.6 is 0 Å². The van der Waals surface area contributed by atoms with Crippen molar-refractivity contribution in [1.82, 2.24) is 14.9 Å². The van der Waals surface area contributed by atoms with Crippen molar-refractivity contribution >= 4 is 27.8 Å². The molecule has 0 saturated heterocycles. The van der Waals surface area contributed by atoms with Gasteiger partial charge in [-0.1, -0.05) is 60.7 Å². The molecule has 5 aromatic rings. The van der Waals surface area contributed by atoms with Gasteiger partial charge in [-0.15, -0.1) is 0 Å². The number of nitrogens with zero attached hydrogens (tertiary/aromatic N) is 2. The zero-order chi connectivity index (χ0) is 22.1. The van der Waals surface area contributed by atoms with Crippen molar-refractivity contribution in [2.24, 2.45) is 0 Å². The zero-order valence-corrected chi connectivity index (χ0v) is 17.5. The van der Waals surface area contributed by atoms with Crippen LogP contribution in [0.2, 0.25) is 0 Å². The molecule has 3 aromatic carbocycles. The van der Waals surface area contributed by atoms with E-state index >= 15 is 0 Å². The topological polar surface area (TPSA) is 77.1 Å². The van der Waals surface area contributed by atoms with Crippen LogP contribution < -0.4 is 10.9 Å². The summed E-state index contributed by atoms with van der Waals surface area (Å²) in [4.78, 5) is 30.3. The smallest absolute Gasteiger partial charge is 0.261 e. The van der Waals surface area contributed by atoms with Gasteiger partial charge in [-0.3, -0.25) is 14.2 Å². The summed E-state index contributed by atoms with van der Waals surface area (Å²) < 4.78 is 7.37. The first kappa shape index (κ1) is 19.8. The van der Waals surface area contributed by atoms with Crippen LogP contribution in [0.1, 0.15) is 22.9 Å². The van der Waals surface area contributed by atoms with Crippen LogP contribution in [-0.2, 0) is 11.3 Å². The number of aryl methyl sites for hydroxylation is 1. The van der Waals surface area contributed by atoms with Gasteiger partial charge in [0.1, 0.15) is 23.9 Å². The van der Waals surface area contributed by atoms with E-state index in [1.54, 1.807) is 6.07 Å². The molecule has 0 aliphatic rings. The number of hydrogen-bond donors (Lipinski definition) is 1. The van der Waals surface area contributed by atoms with Crippen LogP contribution in [0.25, 0.3) is 21.9 Å². The van der Waals surface area contributed by atoms with Crippen LogP contribution in [0, 0.1) is 6.92 Å². The second kappa shape index (κ2) is 8.15. The third kappa shape index (κ3) is 3.67. The van der Waals surface area contributed by atoms with Crippen LogP contribution in [0.4, 0.5) is 0 Å². The highest BCUT2D eigenvalue weighted by Gasteiger charge is 2.21. The zero-order valence-electron chi connectivity index (χ0n) is 17.5. The summed E-state index contributed by atoms with van der Waals surface area (Å²) in [5.41, 5.74) is 2.97. The number of para-hydroxylation sites is 2. The third-order valence-corrected chi connectivity index (χ3v) is 5.54. The molecule has 0 bridgehead atoms. The Morgan fingerprint density at radius 2 is 1.81 bits per heavy atom. The van der Waals surface area contributed by atoms with Crippen LogP contribution in [0.5, 0.6) is 0 Å². The summed E-state index contributed by atoms with van der Waals surface area (Å²) in [6.07, 6.45) is 1.43. The molecule has 1 N–H and O–H groups in total. The average molecular weight is 423 g/mol. The number of benzene rings is 3. The van der Waals surface area contributed by atoms with E-state index in [2.05, 4.69) is 10.3 Å². The van der Waals surface area contributed by atoms with E-state index in [0.29, 0.717) is 16.7 Å². The SMILES string of the molecule is Cc1cccc2c(=O)n(CC(=O)N[C@H](c3ccccc3)c3cc4ccccc4o3)cnc12. The number of rotatable bonds is 5. The summed E-state index contributed by atoms with van der Waals surface area (Å²) in [5, 5.41) is 4.48. The molecular formula is C26H21N3O3. The minimum absolute atomic E-state index is 0.140. The van der Waals surface area contributed by atoms with E-state index in [4.69, 9.17) is 4.42 Å². The van der Waals surface area contributed by atoms with E-state index in [-0.39, 0.29) is 18.0 Å². The molecule has 0 unspecified atom stereocenters. The van der Waals surface area contributed by atoms with E-state index in [1.165, 1.54) is 10.9 Å². The Bertz CT molecular complexity index is 1450. The van der Waals surface area contributed by atoms with Gasteiger partial charge in [0.25, 0.3) is 5.56 Å². The summed E-state index contributed by atoms with van der Waals surface area (Å²) in [6.45, 7) is 1.77. The molecular weight excluding hydrogens is 402 g/mol. The molecule has 0 fully saturated rings. The summed E-state index contributed by atoms with van der Waals surface area (Å²) in [5.74, 6) is 0.320. The first-order chi connectivity index (χ1) is 15.6. The molecule has 0 saturated carbocycles. The summed E-state index contributed by atoms with van der Waals surface area (Å²) in [7, 11) is 0. The Kier molecular flexibility index (Phi) is 5.03. The molecule has 1 atom stereocenters. The minimum atomic E-state index is -0.484. The van der Waals surface area contributed by atoms with E-state index in [9.17, 15) is 9.59 Å². The molecule has 2 heterocycles. The molecule has 158 valence electrons. The van der Waals surface area contributed by atoms with Crippen LogP contribution in [-0.4, -0.2) is 15.5 Å². The molecule has 1 amide bonds. The van der Waals surface area contributed by atoms with Gasteiger partial charge in [0.05, 0.1) is 17.2 Å². The molecule has 0 radical (unpaired) electrons. The second-order valence-corrected chi connectivity index (χ2v) is 7.75. The van der Waals surface area contributed by atoms with Crippen molar-refractivity contribution in [2.45, 2.75) is 19.5 Å². The Labute approximate surface area is 184 Å². The lowest BCUT2D eigenvalue weighted by Gasteiger charge is -2.17. The van der Waals surface area contributed by atoms with Gasteiger partial charge in [-0.2, -0.15) is 0 Å². The molecule has 0 spiro atoms. The van der Waals surface area contributed by atoms with Crippen molar-refractivity contribution in [3.05, 3.63) is 112 Å². The highest BCUT2D eigenvalue weighted by molar-refractivity contribution is 5.82. The number of carbonyl (C=O) groups is 1. The van der Waals surface area contributed by atoms with Crippen LogP contribution in [0.15, 0.2) is 94.4 Å². The Balaban J connectivity index is 1.46. The Morgan fingerprint density at radius 3 is 2.62 bits per heavy atom. The number of carbonyl (C=O) groups excluding carboxylic acids is 1. The monoisotopic (exact) mass is 423 g/mol. The fourth-order valence-corrected chi connectivity index (χ4v) is 3.92. The molecule has 0 aliphatic heterocycles. The number of nitrogens with one attached hydrogen (secondary N) is 1. The molecule has 0 aliphatic carbocycles. The lowest BCUT2D eigenvalue weighted by atomic mass is 10.0. The third-order valence-electron chi connectivity index (χ3n) is 5.54. The van der Waals surface area contributed by atoms with Gasteiger partial charge >= 0.3 is 0 Å². The molecule has 6 heteroatoms. The maximum Gasteiger partial charge on any atom is 0.261 e. The Hall–Kier alpha value is -4.19. The summed E-state index contributed by atoms with van der Waals surface area (Å²) in [6, 6.07) is 24.2. The number of furan rings is 1. The highest BCUT2D eigenvalue weighted by Crippen LogP contribution is 2.28. The fourth-order valence-electron chi connectivity index (χ4n) is 3.92. The average Bonchev–Trinajstić information content (AvgIpc) is 3.24. The van der Waals surface area contributed by atoms with Gasteiger partial charge in [-0.05, 0) is 36.2 Å². The fraction of sp³-hybridized carbons (Fsp3) is 0.115. The lowest BCUT2D eigenvalue weighted by molar-refractivity contribution is -0.122. The molecule has 5 rings (SSSR count). The minimum Gasteiger partial charge on any atom is -0.459 e. The number of amides is 1. The first-order valence-electron chi connectivity index (χ1n) is 10.4. The van der Waals surface area contributed by atoms with Crippen molar-refractivity contribution in [2.75, 3.05) is 0 Å². The maximum atomic E-state index is 13.0. The van der Waals surface area contributed by atoms with Crippen molar-refractivity contribution in [1.29, 1.82) is 0 Å². The molecule has 2 aromatic heterocycles. The highest BCUT2D eigenvalue weighted by atomic mass is 16.3. The van der Waals surface area contributed by atoms with E-state index in [1.807, 2.05) is 79.7 Å². The molecule has 32 heavy (non-hydrogen) atoms. The number of fused-ring (bicyclic) bond motifs is 2. The number of hydrogen-bond acceptors (Lipinski definition) is 4. The van der Waals surface area contributed by atoms with Crippen LogP contribution in [0.3, 0.4) is 0 Å². The van der Waals surface area contributed by atoms with Gasteiger partial charge in [0.15, 0.2) is 0 Å². The Morgan fingerprint density at radius 1 is 1.03 bits per heavy atom. The predicted molar refractivity (Wildman–Crippen MR) is 123 cm³/mol. The molecule has 6 nitrogen and oxygen atoms in total. The maximum absolute atomic E-state index is 13.0. The van der Waals surface area contributed by atoms with E-state index < -0.39 is 6.04 Å². The predicted octanol–water partition coefficient (Wildman–Crippen LogP) is 4.36.